The summed E-state index contributed by atoms with van der Waals surface area (Å²) >= 11 is 0. The van der Waals surface area contributed by atoms with Crippen LogP contribution < -0.4 is 5.32 Å². The molecule has 4 aromatic rings. The van der Waals surface area contributed by atoms with Gasteiger partial charge in [-0.3, -0.25) is 0 Å². The smallest absolute Gasteiger partial charge is 0.151 e. The quantitative estimate of drug-likeness (QED) is 0.405. The third-order valence-corrected chi connectivity index (χ3v) is 6.15. The second-order valence-corrected chi connectivity index (χ2v) is 8.24. The Labute approximate surface area is 186 Å². The molecule has 1 aliphatic rings. The SMILES string of the molecule is Fc1ccc(-n2nc(CC(c3ccccc3)c3ccccc3)c3c2NCCCC3)c(F)c1. The summed E-state index contributed by atoms with van der Waals surface area (Å²) in [5.74, 6) is -0.254. The van der Waals surface area contributed by atoms with E-state index in [1.54, 1.807) is 4.68 Å². The third kappa shape index (κ3) is 4.03. The van der Waals surface area contributed by atoms with E-state index in [4.69, 9.17) is 5.10 Å². The van der Waals surface area contributed by atoms with Crippen LogP contribution in [0.2, 0.25) is 0 Å². The number of rotatable bonds is 5. The maximum absolute atomic E-state index is 14.7. The Balaban J connectivity index is 1.61. The van der Waals surface area contributed by atoms with Crippen molar-refractivity contribution in [2.24, 2.45) is 0 Å². The number of nitrogens with one attached hydrogen (secondary N) is 1. The maximum Gasteiger partial charge on any atom is 0.151 e. The van der Waals surface area contributed by atoms with Gasteiger partial charge in [-0.05, 0) is 42.5 Å². The molecule has 0 unspecified atom stereocenters. The summed E-state index contributed by atoms with van der Waals surface area (Å²) in [6.45, 7) is 0.807. The Morgan fingerprint density at radius 2 is 1.56 bits per heavy atom. The van der Waals surface area contributed by atoms with Gasteiger partial charge in [0.2, 0.25) is 0 Å². The average Bonchev–Trinajstić information content (AvgIpc) is 2.98. The number of benzene rings is 3. The molecular formula is C27H25F2N3. The van der Waals surface area contributed by atoms with Crippen molar-refractivity contribution < 1.29 is 8.78 Å². The fraction of sp³-hybridized carbons (Fsp3) is 0.222. The molecule has 0 radical (unpaired) electrons. The molecule has 0 atom stereocenters. The highest BCUT2D eigenvalue weighted by atomic mass is 19.1. The van der Waals surface area contributed by atoms with Crippen molar-refractivity contribution >= 4 is 5.82 Å². The number of fused-ring (bicyclic) bond motifs is 1. The molecule has 1 aromatic heterocycles. The normalized spacial score (nSPS) is 13.5. The van der Waals surface area contributed by atoms with Gasteiger partial charge < -0.3 is 5.32 Å². The zero-order valence-corrected chi connectivity index (χ0v) is 17.8. The lowest BCUT2D eigenvalue weighted by atomic mass is 9.86. The highest BCUT2D eigenvalue weighted by Gasteiger charge is 2.25. The lowest BCUT2D eigenvalue weighted by molar-refractivity contribution is 0.573. The topological polar surface area (TPSA) is 29.9 Å². The van der Waals surface area contributed by atoms with Gasteiger partial charge in [-0.1, -0.05) is 60.7 Å². The summed E-state index contributed by atoms with van der Waals surface area (Å²) in [7, 11) is 0. The molecule has 0 aliphatic carbocycles. The van der Waals surface area contributed by atoms with Crippen LogP contribution in [-0.2, 0) is 12.8 Å². The molecule has 5 heteroatoms. The average molecular weight is 430 g/mol. The predicted molar refractivity (Wildman–Crippen MR) is 123 cm³/mol. The molecule has 0 saturated carbocycles. The molecule has 1 aliphatic heterocycles. The van der Waals surface area contributed by atoms with Crippen molar-refractivity contribution in [1.29, 1.82) is 0 Å². The van der Waals surface area contributed by atoms with E-state index in [9.17, 15) is 8.78 Å². The summed E-state index contributed by atoms with van der Waals surface area (Å²) in [5, 5.41) is 8.32. The van der Waals surface area contributed by atoms with Crippen LogP contribution in [0.15, 0.2) is 78.9 Å². The van der Waals surface area contributed by atoms with Gasteiger partial charge in [0.15, 0.2) is 5.82 Å². The second-order valence-electron chi connectivity index (χ2n) is 8.24. The molecule has 3 nitrogen and oxygen atoms in total. The molecular weight excluding hydrogens is 404 g/mol. The number of aromatic nitrogens is 2. The first-order valence-corrected chi connectivity index (χ1v) is 11.1. The van der Waals surface area contributed by atoms with Crippen LogP contribution in [-0.4, -0.2) is 16.3 Å². The van der Waals surface area contributed by atoms with E-state index in [0.717, 1.165) is 48.9 Å². The molecule has 0 saturated heterocycles. The van der Waals surface area contributed by atoms with Gasteiger partial charge in [-0.15, -0.1) is 0 Å². The fourth-order valence-electron chi connectivity index (χ4n) is 4.56. The Morgan fingerprint density at radius 3 is 2.22 bits per heavy atom. The maximum atomic E-state index is 14.7. The van der Waals surface area contributed by atoms with Crippen LogP contribution in [0.5, 0.6) is 0 Å². The number of halogens is 2. The Bertz CT molecular complexity index is 1160. The van der Waals surface area contributed by atoms with Crippen molar-refractivity contribution in [3.8, 4) is 5.69 Å². The number of nitrogens with zero attached hydrogens (tertiary/aromatic N) is 2. The minimum absolute atomic E-state index is 0.131. The highest BCUT2D eigenvalue weighted by molar-refractivity contribution is 5.55. The summed E-state index contributed by atoms with van der Waals surface area (Å²) in [6, 6.07) is 24.5. The van der Waals surface area contributed by atoms with Gasteiger partial charge >= 0.3 is 0 Å². The van der Waals surface area contributed by atoms with Crippen LogP contribution in [0, 0.1) is 11.6 Å². The number of hydrogen-bond donors (Lipinski definition) is 1. The largest absolute Gasteiger partial charge is 0.370 e. The first-order valence-electron chi connectivity index (χ1n) is 11.1. The van der Waals surface area contributed by atoms with Crippen molar-refractivity contribution in [3.05, 3.63) is 113 Å². The molecule has 162 valence electrons. The van der Waals surface area contributed by atoms with Gasteiger partial charge in [0.1, 0.15) is 17.3 Å². The van der Waals surface area contributed by atoms with Gasteiger partial charge in [-0.25, -0.2) is 13.5 Å². The Kier molecular flexibility index (Phi) is 5.71. The van der Waals surface area contributed by atoms with E-state index in [1.807, 2.05) is 12.1 Å². The lowest BCUT2D eigenvalue weighted by Gasteiger charge is -2.18. The zero-order chi connectivity index (χ0) is 21.9. The Morgan fingerprint density at radius 1 is 0.875 bits per heavy atom. The van der Waals surface area contributed by atoms with Gasteiger partial charge in [0, 0.05) is 30.5 Å². The fourth-order valence-corrected chi connectivity index (χ4v) is 4.56. The summed E-state index contributed by atoms with van der Waals surface area (Å²) in [5.41, 5.74) is 4.78. The monoisotopic (exact) mass is 429 g/mol. The van der Waals surface area contributed by atoms with Crippen molar-refractivity contribution in [3.63, 3.8) is 0 Å². The molecule has 5 rings (SSSR count). The van der Waals surface area contributed by atoms with Gasteiger partial charge in [0.05, 0.1) is 5.69 Å². The molecule has 0 fully saturated rings. The van der Waals surface area contributed by atoms with E-state index < -0.39 is 11.6 Å². The molecule has 32 heavy (non-hydrogen) atoms. The van der Waals surface area contributed by atoms with Crippen LogP contribution in [0.1, 0.15) is 41.1 Å². The van der Waals surface area contributed by atoms with E-state index in [-0.39, 0.29) is 11.6 Å². The summed E-state index contributed by atoms with van der Waals surface area (Å²) < 4.78 is 29.8. The molecule has 2 heterocycles. The standard InChI is InChI=1S/C27H25F2N3/c28-21-14-15-26(24(29)17-21)32-27-22(13-7-8-16-30-27)25(31-32)18-23(19-9-3-1-4-10-19)20-11-5-2-6-12-20/h1-6,9-12,14-15,17,23,30H,7-8,13,16,18H2. The minimum Gasteiger partial charge on any atom is -0.370 e. The highest BCUT2D eigenvalue weighted by Crippen LogP contribution is 2.34. The third-order valence-electron chi connectivity index (χ3n) is 6.15. The number of anilines is 1. The van der Waals surface area contributed by atoms with Crippen molar-refractivity contribution in [2.45, 2.75) is 31.6 Å². The molecule has 0 amide bonds. The predicted octanol–water partition coefficient (Wildman–Crippen LogP) is 6.27. The van der Waals surface area contributed by atoms with Crippen LogP contribution in [0.4, 0.5) is 14.6 Å². The van der Waals surface area contributed by atoms with Crippen LogP contribution >= 0.6 is 0 Å². The molecule has 0 bridgehead atoms. The first kappa shape index (κ1) is 20.4. The molecule has 0 spiro atoms. The first-order chi connectivity index (χ1) is 15.7. The lowest BCUT2D eigenvalue weighted by Crippen LogP contribution is -2.09. The summed E-state index contributed by atoms with van der Waals surface area (Å²) in [4.78, 5) is 0. The van der Waals surface area contributed by atoms with Crippen molar-refractivity contribution in [1.82, 2.24) is 9.78 Å². The van der Waals surface area contributed by atoms with E-state index in [1.165, 1.54) is 23.3 Å². The van der Waals surface area contributed by atoms with Crippen molar-refractivity contribution in [2.75, 3.05) is 11.9 Å². The molecule has 1 N–H and O–H groups in total. The summed E-state index contributed by atoms with van der Waals surface area (Å²) in [6.07, 6.45) is 3.68. The van der Waals surface area contributed by atoms with E-state index in [2.05, 4.69) is 53.8 Å². The van der Waals surface area contributed by atoms with Gasteiger partial charge in [-0.2, -0.15) is 5.10 Å². The van der Waals surface area contributed by atoms with Crippen LogP contribution in [0.25, 0.3) is 5.69 Å². The zero-order valence-electron chi connectivity index (χ0n) is 17.8. The number of hydrogen-bond acceptors (Lipinski definition) is 2. The minimum atomic E-state index is -0.615. The second kappa shape index (κ2) is 8.95. The van der Waals surface area contributed by atoms with E-state index >= 15 is 0 Å². The molecule has 3 aromatic carbocycles. The van der Waals surface area contributed by atoms with Gasteiger partial charge in [0.25, 0.3) is 0 Å². The van der Waals surface area contributed by atoms with E-state index in [0.29, 0.717) is 6.42 Å². The Hall–Kier alpha value is -3.47. The van der Waals surface area contributed by atoms with Crippen LogP contribution in [0.3, 0.4) is 0 Å².